The van der Waals surface area contributed by atoms with E-state index < -0.39 is 0 Å². The molecule has 0 atom stereocenters. The van der Waals surface area contributed by atoms with Gasteiger partial charge in [0.25, 0.3) is 5.91 Å². The van der Waals surface area contributed by atoms with Gasteiger partial charge in [-0.1, -0.05) is 0 Å². The minimum Gasteiger partial charge on any atom is -0.382 e. The van der Waals surface area contributed by atoms with Crippen molar-refractivity contribution in [1.82, 2.24) is 14.8 Å². The van der Waals surface area contributed by atoms with Gasteiger partial charge < -0.3 is 5.73 Å². The van der Waals surface area contributed by atoms with Crippen LogP contribution in [0, 0.1) is 11.3 Å². The molecule has 0 saturated heterocycles. The van der Waals surface area contributed by atoms with E-state index >= 15 is 0 Å². The minimum atomic E-state index is -0.301. The summed E-state index contributed by atoms with van der Waals surface area (Å²) in [7, 11) is 0. The zero-order valence-electron chi connectivity index (χ0n) is 8.12. The van der Waals surface area contributed by atoms with E-state index in [1.54, 1.807) is 10.9 Å². The predicted molar refractivity (Wildman–Crippen MR) is 57.8 cm³/mol. The molecule has 0 aromatic carbocycles. The number of carbonyl (C=O) groups is 1. The number of carbonyl (C=O) groups excluding carboxylic acids is 1. The summed E-state index contributed by atoms with van der Waals surface area (Å²) in [5.41, 5.74) is 8.10. The molecule has 2 N–H and O–H groups in total. The highest BCUT2D eigenvalue weighted by molar-refractivity contribution is 7.07. The van der Waals surface area contributed by atoms with Crippen molar-refractivity contribution >= 4 is 23.1 Å². The topological polar surface area (TPSA) is 97.6 Å². The molecule has 0 spiro atoms. The molecule has 0 radical (unpaired) electrons. The zero-order chi connectivity index (χ0) is 11.5. The molecule has 2 aromatic heterocycles. The van der Waals surface area contributed by atoms with Gasteiger partial charge in [-0.05, 0) is 0 Å². The van der Waals surface area contributed by atoms with Gasteiger partial charge in [0.05, 0.1) is 23.8 Å². The monoisotopic (exact) mass is 233 g/mol. The van der Waals surface area contributed by atoms with Crippen molar-refractivity contribution in [2.75, 3.05) is 5.73 Å². The summed E-state index contributed by atoms with van der Waals surface area (Å²) >= 11 is 1.41. The fourth-order valence-electron chi connectivity index (χ4n) is 1.20. The Kier molecular flexibility index (Phi) is 2.66. The molecule has 0 unspecified atom stereocenters. The van der Waals surface area contributed by atoms with Crippen LogP contribution in [-0.4, -0.2) is 20.7 Å². The Balaban J connectivity index is 2.22. The molecule has 16 heavy (non-hydrogen) atoms. The highest BCUT2D eigenvalue weighted by atomic mass is 32.1. The third kappa shape index (κ3) is 1.78. The van der Waals surface area contributed by atoms with E-state index in [2.05, 4.69) is 10.1 Å². The second-order valence-corrected chi connectivity index (χ2v) is 3.74. The second kappa shape index (κ2) is 4.12. The van der Waals surface area contributed by atoms with E-state index in [0.717, 1.165) is 4.68 Å². The Morgan fingerprint density at radius 1 is 1.69 bits per heavy atom. The van der Waals surface area contributed by atoms with Gasteiger partial charge in [-0.2, -0.15) is 15.0 Å². The molecule has 2 aromatic rings. The summed E-state index contributed by atoms with van der Waals surface area (Å²) in [6.45, 7) is 0. The summed E-state index contributed by atoms with van der Waals surface area (Å²) in [6.07, 6.45) is 1.40. The molecule has 0 aliphatic rings. The van der Waals surface area contributed by atoms with Crippen LogP contribution in [0.2, 0.25) is 0 Å². The Bertz CT molecular complexity index is 551. The van der Waals surface area contributed by atoms with E-state index in [4.69, 9.17) is 11.0 Å². The average molecular weight is 233 g/mol. The highest BCUT2D eigenvalue weighted by Crippen LogP contribution is 2.10. The molecule has 7 heteroatoms. The lowest BCUT2D eigenvalue weighted by Crippen LogP contribution is -2.17. The number of nitrogens with two attached hydrogens (primary N) is 1. The number of rotatable bonds is 2. The molecule has 0 aliphatic carbocycles. The lowest BCUT2D eigenvalue weighted by molar-refractivity contribution is 0.0900. The summed E-state index contributed by atoms with van der Waals surface area (Å²) in [5.74, 6) is -0.229. The Hall–Kier alpha value is -2.20. The van der Waals surface area contributed by atoms with Gasteiger partial charge in [-0.15, -0.1) is 11.3 Å². The number of nitriles is 1. The molecule has 6 nitrogen and oxygen atoms in total. The first-order chi connectivity index (χ1) is 7.72. The fraction of sp³-hybridized carbons (Fsp3) is 0.111. The van der Waals surface area contributed by atoms with Gasteiger partial charge in [-0.3, -0.25) is 4.79 Å². The quantitative estimate of drug-likeness (QED) is 0.822. The first-order valence-corrected chi connectivity index (χ1v) is 5.30. The van der Waals surface area contributed by atoms with Crippen LogP contribution in [0.5, 0.6) is 0 Å². The van der Waals surface area contributed by atoms with Crippen LogP contribution in [0.25, 0.3) is 0 Å². The maximum absolute atomic E-state index is 11.7. The van der Waals surface area contributed by atoms with Gasteiger partial charge >= 0.3 is 0 Å². The molecule has 0 fully saturated rings. The number of nitrogen functional groups attached to an aromatic ring is 1. The maximum atomic E-state index is 11.7. The van der Waals surface area contributed by atoms with Gasteiger partial charge in [0.1, 0.15) is 17.5 Å². The van der Waals surface area contributed by atoms with Crippen molar-refractivity contribution in [3.63, 3.8) is 0 Å². The third-order valence-corrected chi connectivity index (χ3v) is 2.61. The van der Waals surface area contributed by atoms with E-state index in [-0.39, 0.29) is 23.7 Å². The number of nitrogens with zero attached hydrogens (tertiary/aromatic N) is 4. The third-order valence-electron chi connectivity index (χ3n) is 1.98. The lowest BCUT2D eigenvalue weighted by Gasteiger charge is -2.00. The van der Waals surface area contributed by atoms with Crippen LogP contribution >= 0.6 is 11.3 Å². The SMILES string of the molecule is N#Cc1cnn(C(=O)Cc2cscn2)c1N. The maximum Gasteiger partial charge on any atom is 0.254 e. The Labute approximate surface area is 94.9 Å². The highest BCUT2D eigenvalue weighted by Gasteiger charge is 2.14. The number of thiazole rings is 1. The van der Waals surface area contributed by atoms with E-state index in [1.807, 2.05) is 6.07 Å². The smallest absolute Gasteiger partial charge is 0.254 e. The average Bonchev–Trinajstić information content (AvgIpc) is 2.87. The lowest BCUT2D eigenvalue weighted by atomic mass is 10.3. The van der Waals surface area contributed by atoms with Gasteiger partial charge in [0.15, 0.2) is 0 Å². The molecule has 0 amide bonds. The van der Waals surface area contributed by atoms with Crippen molar-refractivity contribution in [1.29, 1.82) is 5.26 Å². The van der Waals surface area contributed by atoms with Crippen LogP contribution in [-0.2, 0) is 6.42 Å². The molecule has 2 rings (SSSR count). The number of aromatic nitrogens is 3. The van der Waals surface area contributed by atoms with E-state index in [0.29, 0.717) is 5.69 Å². The normalized spacial score (nSPS) is 9.94. The van der Waals surface area contributed by atoms with Crippen LogP contribution in [0.4, 0.5) is 5.82 Å². The van der Waals surface area contributed by atoms with Crippen molar-refractivity contribution in [3.8, 4) is 6.07 Å². The number of hydrogen-bond acceptors (Lipinski definition) is 6. The zero-order valence-corrected chi connectivity index (χ0v) is 8.94. The second-order valence-electron chi connectivity index (χ2n) is 3.02. The Morgan fingerprint density at radius 3 is 3.06 bits per heavy atom. The molecule has 2 heterocycles. The van der Waals surface area contributed by atoms with Crippen molar-refractivity contribution in [3.05, 3.63) is 28.3 Å². The molecule has 0 bridgehead atoms. The van der Waals surface area contributed by atoms with Gasteiger partial charge in [0.2, 0.25) is 0 Å². The Morgan fingerprint density at radius 2 is 2.50 bits per heavy atom. The van der Waals surface area contributed by atoms with Crippen LogP contribution in [0.1, 0.15) is 16.1 Å². The standard InChI is InChI=1S/C9H7N5OS/c10-2-6-3-13-14(9(6)11)8(15)1-7-4-16-5-12-7/h3-5H,1,11H2. The summed E-state index contributed by atoms with van der Waals surface area (Å²) in [5, 5.41) is 14.2. The molecule has 0 saturated carbocycles. The van der Waals surface area contributed by atoms with Crippen molar-refractivity contribution in [2.24, 2.45) is 0 Å². The van der Waals surface area contributed by atoms with Gasteiger partial charge in [0, 0.05) is 5.38 Å². The summed E-state index contributed by atoms with van der Waals surface area (Å²) in [4.78, 5) is 15.7. The number of anilines is 1. The van der Waals surface area contributed by atoms with Crippen LogP contribution in [0.3, 0.4) is 0 Å². The predicted octanol–water partition coefficient (Wildman–Crippen LogP) is 0.676. The van der Waals surface area contributed by atoms with E-state index in [9.17, 15) is 4.79 Å². The molecular formula is C9H7N5OS. The fourth-order valence-corrected chi connectivity index (χ4v) is 1.76. The first kappa shape index (κ1) is 10.3. The summed E-state index contributed by atoms with van der Waals surface area (Å²) < 4.78 is 1.03. The van der Waals surface area contributed by atoms with Crippen molar-refractivity contribution < 1.29 is 4.79 Å². The van der Waals surface area contributed by atoms with Crippen LogP contribution in [0.15, 0.2) is 17.1 Å². The largest absolute Gasteiger partial charge is 0.382 e. The first-order valence-electron chi connectivity index (χ1n) is 4.36. The van der Waals surface area contributed by atoms with Crippen molar-refractivity contribution in [2.45, 2.75) is 6.42 Å². The minimum absolute atomic E-state index is 0.0720. The molecule has 80 valence electrons. The van der Waals surface area contributed by atoms with Gasteiger partial charge in [-0.25, -0.2) is 4.98 Å². The summed E-state index contributed by atoms with van der Waals surface area (Å²) in [6, 6.07) is 1.86. The van der Waals surface area contributed by atoms with Crippen LogP contribution < -0.4 is 5.73 Å². The van der Waals surface area contributed by atoms with E-state index in [1.165, 1.54) is 17.5 Å². The number of hydrogen-bond donors (Lipinski definition) is 1. The molecule has 0 aliphatic heterocycles. The molecular weight excluding hydrogens is 226 g/mol.